The molecule has 0 saturated heterocycles. The van der Waals surface area contributed by atoms with Gasteiger partial charge in [-0.2, -0.15) is 0 Å². The van der Waals surface area contributed by atoms with Gasteiger partial charge in [0.1, 0.15) is 11.8 Å². The van der Waals surface area contributed by atoms with Crippen molar-refractivity contribution in [2.45, 2.75) is 6.10 Å². The Morgan fingerprint density at radius 3 is 2.84 bits per heavy atom. The molecule has 6 heteroatoms. The number of amides is 1. The van der Waals surface area contributed by atoms with Crippen LogP contribution in [0.3, 0.4) is 0 Å². The van der Waals surface area contributed by atoms with Crippen molar-refractivity contribution >= 4 is 22.8 Å². The molecule has 0 radical (unpaired) electrons. The molecule has 100 valence electrons. The maximum absolute atomic E-state index is 11.9. The van der Waals surface area contributed by atoms with Gasteiger partial charge in [0, 0.05) is 12.5 Å². The predicted octanol–water partition coefficient (Wildman–Crippen LogP) is 1.26. The maximum atomic E-state index is 11.9. The minimum atomic E-state index is -1.13. The fourth-order valence-electron chi connectivity index (χ4n) is 1.71. The second-order valence-electron chi connectivity index (χ2n) is 3.92. The van der Waals surface area contributed by atoms with E-state index in [-0.39, 0.29) is 6.54 Å². The van der Waals surface area contributed by atoms with E-state index in [4.69, 9.17) is 14.3 Å². The minimum Gasteiger partial charge on any atom is -0.479 e. The van der Waals surface area contributed by atoms with E-state index < -0.39 is 18.0 Å². The van der Waals surface area contributed by atoms with E-state index in [1.54, 1.807) is 24.3 Å². The highest BCUT2D eigenvalue weighted by Crippen LogP contribution is 2.20. The molecule has 0 bridgehead atoms. The summed E-state index contributed by atoms with van der Waals surface area (Å²) in [6.07, 6.45) is 0.282. The third-order valence-electron chi connectivity index (χ3n) is 2.73. The fraction of sp³-hybridized carbons (Fsp3) is 0.231. The summed E-state index contributed by atoms with van der Waals surface area (Å²) in [5, 5.41) is 12.0. The molecule has 0 aliphatic heterocycles. The number of carbonyl (C=O) groups excluding carboxylic acids is 1. The van der Waals surface area contributed by atoms with E-state index in [2.05, 4.69) is 5.32 Å². The number of hydrogen-bond acceptors (Lipinski definition) is 4. The SMILES string of the molecule is COC(CNC(=O)c1coc2ccccc12)C(=O)O. The van der Waals surface area contributed by atoms with Crippen LogP contribution >= 0.6 is 0 Å². The van der Waals surface area contributed by atoms with Crippen LogP contribution in [-0.4, -0.2) is 36.7 Å². The lowest BCUT2D eigenvalue weighted by atomic mass is 10.1. The summed E-state index contributed by atoms with van der Waals surface area (Å²) in [7, 11) is 1.28. The van der Waals surface area contributed by atoms with Crippen molar-refractivity contribution in [3.05, 3.63) is 36.1 Å². The number of methoxy groups -OCH3 is 1. The molecular weight excluding hydrogens is 250 g/mol. The van der Waals surface area contributed by atoms with Crippen molar-refractivity contribution in [1.82, 2.24) is 5.32 Å². The maximum Gasteiger partial charge on any atom is 0.334 e. The van der Waals surface area contributed by atoms with Crippen molar-refractivity contribution in [3.8, 4) is 0 Å². The molecule has 1 atom stereocenters. The molecule has 1 amide bonds. The molecule has 0 fully saturated rings. The summed E-state index contributed by atoms with van der Waals surface area (Å²) in [4.78, 5) is 22.7. The molecule has 0 saturated carbocycles. The molecule has 1 unspecified atom stereocenters. The first-order valence-corrected chi connectivity index (χ1v) is 5.63. The number of furan rings is 1. The van der Waals surface area contributed by atoms with Crippen LogP contribution < -0.4 is 5.32 Å². The van der Waals surface area contributed by atoms with Gasteiger partial charge >= 0.3 is 5.97 Å². The van der Waals surface area contributed by atoms with Gasteiger partial charge in [-0.25, -0.2) is 4.79 Å². The van der Waals surface area contributed by atoms with Gasteiger partial charge in [-0.3, -0.25) is 4.79 Å². The van der Waals surface area contributed by atoms with Crippen molar-refractivity contribution in [2.75, 3.05) is 13.7 Å². The second kappa shape index (κ2) is 5.53. The number of carbonyl (C=O) groups is 2. The van der Waals surface area contributed by atoms with Gasteiger partial charge in [-0.15, -0.1) is 0 Å². The Balaban J connectivity index is 2.10. The van der Waals surface area contributed by atoms with Crippen LogP contribution in [0.15, 0.2) is 34.9 Å². The van der Waals surface area contributed by atoms with Crippen molar-refractivity contribution in [2.24, 2.45) is 0 Å². The van der Waals surface area contributed by atoms with E-state index in [9.17, 15) is 9.59 Å². The highest BCUT2D eigenvalue weighted by atomic mass is 16.5. The average molecular weight is 263 g/mol. The number of hydrogen-bond donors (Lipinski definition) is 2. The molecule has 6 nitrogen and oxygen atoms in total. The molecule has 0 aliphatic rings. The predicted molar refractivity (Wildman–Crippen MR) is 67.0 cm³/mol. The molecule has 19 heavy (non-hydrogen) atoms. The minimum absolute atomic E-state index is 0.107. The number of nitrogens with one attached hydrogen (secondary N) is 1. The number of rotatable bonds is 5. The third kappa shape index (κ3) is 2.74. The Morgan fingerprint density at radius 2 is 2.16 bits per heavy atom. The summed E-state index contributed by atoms with van der Waals surface area (Å²) in [5.74, 6) is -1.52. The molecule has 2 aromatic rings. The van der Waals surface area contributed by atoms with E-state index in [1.165, 1.54) is 13.4 Å². The second-order valence-corrected chi connectivity index (χ2v) is 3.92. The summed E-state index contributed by atoms with van der Waals surface area (Å²) < 4.78 is 9.97. The van der Waals surface area contributed by atoms with E-state index in [0.717, 1.165) is 0 Å². The number of para-hydroxylation sites is 1. The highest BCUT2D eigenvalue weighted by molar-refractivity contribution is 6.05. The standard InChI is InChI=1S/C13H13NO5/c1-18-11(13(16)17)6-14-12(15)9-7-19-10-5-3-2-4-8(9)10/h2-5,7,11H,6H2,1H3,(H,14,15)(H,16,17). The number of carboxylic acid groups (broad SMARTS) is 1. The Morgan fingerprint density at radius 1 is 1.42 bits per heavy atom. The van der Waals surface area contributed by atoms with Crippen molar-refractivity contribution < 1.29 is 23.8 Å². The molecule has 1 aromatic carbocycles. The molecule has 2 N–H and O–H groups in total. The van der Waals surface area contributed by atoms with Crippen LogP contribution in [0.25, 0.3) is 11.0 Å². The monoisotopic (exact) mass is 263 g/mol. The molecule has 1 aromatic heterocycles. The van der Waals surface area contributed by atoms with Crippen LogP contribution in [0.5, 0.6) is 0 Å². The van der Waals surface area contributed by atoms with Crippen LogP contribution in [0.4, 0.5) is 0 Å². The first kappa shape index (κ1) is 13.1. The molecule has 1 heterocycles. The third-order valence-corrected chi connectivity index (χ3v) is 2.73. The number of fused-ring (bicyclic) bond motifs is 1. The Hall–Kier alpha value is -2.34. The molecule has 0 aliphatic carbocycles. The lowest BCUT2D eigenvalue weighted by Gasteiger charge is -2.10. The van der Waals surface area contributed by atoms with Gasteiger partial charge in [0.25, 0.3) is 5.91 Å². The lowest BCUT2D eigenvalue weighted by Crippen LogP contribution is -2.37. The lowest BCUT2D eigenvalue weighted by molar-refractivity contribution is -0.147. The fourth-order valence-corrected chi connectivity index (χ4v) is 1.71. The van der Waals surface area contributed by atoms with E-state index in [0.29, 0.717) is 16.5 Å². The zero-order chi connectivity index (χ0) is 13.8. The Bertz CT molecular complexity index is 604. The molecule has 0 spiro atoms. The molecule has 2 rings (SSSR count). The largest absolute Gasteiger partial charge is 0.479 e. The van der Waals surface area contributed by atoms with Crippen LogP contribution in [-0.2, 0) is 9.53 Å². The van der Waals surface area contributed by atoms with Crippen LogP contribution in [0.2, 0.25) is 0 Å². The topological polar surface area (TPSA) is 88.8 Å². The number of benzene rings is 1. The smallest absolute Gasteiger partial charge is 0.334 e. The Labute approximate surface area is 109 Å². The van der Waals surface area contributed by atoms with Gasteiger partial charge in [0.15, 0.2) is 6.10 Å². The quantitative estimate of drug-likeness (QED) is 0.847. The summed E-state index contributed by atoms with van der Waals surface area (Å²) in [6.45, 7) is -0.107. The first-order valence-electron chi connectivity index (χ1n) is 5.63. The summed E-state index contributed by atoms with van der Waals surface area (Å²) in [6, 6.07) is 7.11. The first-order chi connectivity index (χ1) is 9.13. The van der Waals surface area contributed by atoms with Gasteiger partial charge in [-0.05, 0) is 6.07 Å². The Kier molecular flexibility index (Phi) is 3.82. The highest BCUT2D eigenvalue weighted by Gasteiger charge is 2.19. The van der Waals surface area contributed by atoms with Crippen molar-refractivity contribution in [3.63, 3.8) is 0 Å². The van der Waals surface area contributed by atoms with E-state index >= 15 is 0 Å². The summed E-state index contributed by atoms with van der Waals surface area (Å²) >= 11 is 0. The van der Waals surface area contributed by atoms with Gasteiger partial charge in [0.2, 0.25) is 0 Å². The van der Waals surface area contributed by atoms with Crippen LogP contribution in [0, 0.1) is 0 Å². The molecular formula is C13H13NO5. The average Bonchev–Trinajstić information content (AvgIpc) is 2.82. The summed E-state index contributed by atoms with van der Waals surface area (Å²) in [5.41, 5.74) is 0.977. The normalized spacial score (nSPS) is 12.3. The number of aliphatic carboxylic acids is 1. The van der Waals surface area contributed by atoms with Crippen LogP contribution in [0.1, 0.15) is 10.4 Å². The zero-order valence-corrected chi connectivity index (χ0v) is 10.3. The van der Waals surface area contributed by atoms with Gasteiger partial charge < -0.3 is 19.6 Å². The van der Waals surface area contributed by atoms with Gasteiger partial charge in [-0.1, -0.05) is 18.2 Å². The van der Waals surface area contributed by atoms with Gasteiger partial charge in [0.05, 0.1) is 12.1 Å². The number of ether oxygens (including phenoxy) is 1. The van der Waals surface area contributed by atoms with Crippen molar-refractivity contribution in [1.29, 1.82) is 0 Å². The van der Waals surface area contributed by atoms with E-state index in [1.807, 2.05) is 0 Å². The number of carboxylic acids is 1. The zero-order valence-electron chi connectivity index (χ0n) is 10.3.